The van der Waals surface area contributed by atoms with Crippen molar-refractivity contribution in [2.75, 3.05) is 7.11 Å². The fourth-order valence-corrected chi connectivity index (χ4v) is 7.87. The van der Waals surface area contributed by atoms with Gasteiger partial charge < -0.3 is 9.30 Å². The molecule has 0 spiro atoms. The number of hydrogen-bond acceptors (Lipinski definition) is 3. The Morgan fingerprint density at radius 1 is 1.26 bits per heavy atom. The van der Waals surface area contributed by atoms with Crippen molar-refractivity contribution in [1.29, 1.82) is 0 Å². The Balaban J connectivity index is 2.56. The van der Waals surface area contributed by atoms with Crippen LogP contribution in [0.2, 0.25) is 0 Å². The van der Waals surface area contributed by atoms with E-state index in [1.165, 1.54) is 7.11 Å². The lowest BCUT2D eigenvalue weighted by Gasteiger charge is -2.39. The smallest absolute Gasteiger partial charge is 0.309 e. The molecular weight excluding hydrogens is 307 g/mol. The molecule has 3 nitrogen and oxygen atoms in total. The Hall–Kier alpha value is -1.34. The Kier molecular flexibility index (Phi) is 4.92. The molecule has 23 heavy (non-hydrogen) atoms. The summed E-state index contributed by atoms with van der Waals surface area (Å²) in [6, 6.07) is 9.66. The zero-order valence-electron chi connectivity index (χ0n) is 14.7. The molecule has 0 aliphatic heterocycles. The van der Waals surface area contributed by atoms with Gasteiger partial charge in [-0.3, -0.25) is 4.79 Å². The van der Waals surface area contributed by atoms with Crippen LogP contribution in [0.1, 0.15) is 34.1 Å². The highest BCUT2D eigenvalue weighted by Crippen LogP contribution is 2.67. The molecule has 1 unspecified atom stereocenters. The maximum absolute atomic E-state index is 14.3. The third-order valence-corrected chi connectivity index (χ3v) is 9.74. The predicted molar refractivity (Wildman–Crippen MR) is 95.7 cm³/mol. The molecule has 0 amide bonds. The molecule has 0 heterocycles. The Labute approximate surface area is 139 Å². The fourth-order valence-electron chi connectivity index (χ4n) is 3.83. The number of esters is 1. The van der Waals surface area contributed by atoms with Gasteiger partial charge in [-0.05, 0) is 12.3 Å². The van der Waals surface area contributed by atoms with Crippen LogP contribution in [-0.4, -0.2) is 23.9 Å². The summed E-state index contributed by atoms with van der Waals surface area (Å²) in [6.45, 7) is 12.2. The summed E-state index contributed by atoms with van der Waals surface area (Å²) in [5.74, 6) is -0.522. The van der Waals surface area contributed by atoms with Gasteiger partial charge in [0.1, 0.15) is 7.14 Å². The van der Waals surface area contributed by atoms with E-state index in [0.717, 1.165) is 10.9 Å². The molecule has 4 heteroatoms. The van der Waals surface area contributed by atoms with Gasteiger partial charge in [0, 0.05) is 16.1 Å². The van der Waals surface area contributed by atoms with Gasteiger partial charge in [0.05, 0.1) is 13.0 Å². The Morgan fingerprint density at radius 2 is 1.83 bits per heavy atom. The second-order valence-corrected chi connectivity index (χ2v) is 11.2. The first-order chi connectivity index (χ1) is 10.6. The number of ether oxygens (including phenoxy) is 1. The van der Waals surface area contributed by atoms with Crippen LogP contribution in [0.3, 0.4) is 0 Å². The van der Waals surface area contributed by atoms with Crippen molar-refractivity contribution in [3.05, 3.63) is 42.5 Å². The van der Waals surface area contributed by atoms with Crippen molar-refractivity contribution in [2.24, 2.45) is 11.8 Å². The van der Waals surface area contributed by atoms with E-state index in [2.05, 4.69) is 6.58 Å². The summed E-state index contributed by atoms with van der Waals surface area (Å²) < 4.78 is 19.2. The molecule has 0 radical (unpaired) electrons. The van der Waals surface area contributed by atoms with Crippen LogP contribution in [0.15, 0.2) is 42.5 Å². The standard InChI is InChI=1S/C19H27O3P/c1-13-12-16(18(20)22-6)14(2)17(13)23(21,19(3,4)5)15-10-8-7-9-11-15/h7-11,14,16-17H,1,12H2,2-6H3/t14-,16+,17-,23?/m1/s1. The van der Waals surface area contributed by atoms with Crippen molar-refractivity contribution in [3.63, 3.8) is 0 Å². The fraction of sp³-hybridized carbons (Fsp3) is 0.526. The van der Waals surface area contributed by atoms with Gasteiger partial charge in [-0.1, -0.05) is 70.2 Å². The minimum Gasteiger partial charge on any atom is -0.469 e. The quantitative estimate of drug-likeness (QED) is 0.472. The molecule has 1 aromatic carbocycles. The molecule has 1 fully saturated rings. The first kappa shape index (κ1) is 18.0. The highest BCUT2D eigenvalue weighted by atomic mass is 31.2. The molecule has 4 atom stereocenters. The molecule has 1 aliphatic rings. The minimum atomic E-state index is -2.81. The van der Waals surface area contributed by atoms with Crippen molar-refractivity contribution < 1.29 is 14.1 Å². The van der Waals surface area contributed by atoms with Gasteiger partial charge in [0.15, 0.2) is 0 Å². The van der Waals surface area contributed by atoms with E-state index < -0.39 is 12.3 Å². The lowest BCUT2D eigenvalue weighted by Crippen LogP contribution is -2.34. The lowest BCUT2D eigenvalue weighted by molar-refractivity contribution is -0.146. The summed E-state index contributed by atoms with van der Waals surface area (Å²) in [4.78, 5) is 12.1. The molecule has 0 aromatic heterocycles. The third kappa shape index (κ3) is 2.92. The number of rotatable bonds is 3. The van der Waals surface area contributed by atoms with Crippen LogP contribution in [0, 0.1) is 11.8 Å². The summed E-state index contributed by atoms with van der Waals surface area (Å²) in [5.41, 5.74) is 0.726. The molecule has 1 aliphatic carbocycles. The average molecular weight is 334 g/mol. The van der Waals surface area contributed by atoms with Gasteiger partial charge in [0.25, 0.3) is 0 Å². The number of allylic oxidation sites excluding steroid dienone is 1. The summed E-state index contributed by atoms with van der Waals surface area (Å²) in [6.07, 6.45) is 0.561. The van der Waals surface area contributed by atoms with Gasteiger partial charge in [-0.25, -0.2) is 0 Å². The zero-order valence-corrected chi connectivity index (χ0v) is 15.6. The lowest BCUT2D eigenvalue weighted by atomic mass is 9.98. The van der Waals surface area contributed by atoms with E-state index in [9.17, 15) is 9.36 Å². The van der Waals surface area contributed by atoms with Crippen LogP contribution >= 0.6 is 7.14 Å². The average Bonchev–Trinajstić information content (AvgIpc) is 2.80. The van der Waals surface area contributed by atoms with Crippen LogP contribution in [-0.2, 0) is 14.1 Å². The molecule has 0 bridgehead atoms. The third-order valence-electron chi connectivity index (χ3n) is 5.07. The maximum Gasteiger partial charge on any atom is 0.309 e. The topological polar surface area (TPSA) is 43.4 Å². The molecule has 0 N–H and O–H groups in total. The summed E-state index contributed by atoms with van der Waals surface area (Å²) >= 11 is 0. The normalized spacial score (nSPS) is 27.5. The minimum absolute atomic E-state index is 0.0415. The second-order valence-electron chi connectivity index (χ2n) is 7.46. The van der Waals surface area contributed by atoms with Gasteiger partial charge in [-0.15, -0.1) is 0 Å². The molecule has 126 valence electrons. The number of carbonyl (C=O) groups excluding carboxylic acids is 1. The molecule has 0 saturated heterocycles. The SMILES string of the molecule is C=C1C[C@H](C(=O)OC)[C@@H](C)[C@@H]1P(=O)(c1ccccc1)C(C)(C)C. The van der Waals surface area contributed by atoms with Crippen molar-refractivity contribution >= 4 is 18.4 Å². The Morgan fingerprint density at radius 3 is 2.30 bits per heavy atom. The van der Waals surface area contributed by atoms with Crippen LogP contribution in [0.25, 0.3) is 0 Å². The van der Waals surface area contributed by atoms with Gasteiger partial charge in [0.2, 0.25) is 0 Å². The Bertz CT molecular complexity index is 642. The number of methoxy groups -OCH3 is 1. The highest BCUT2D eigenvalue weighted by Gasteiger charge is 2.54. The largest absolute Gasteiger partial charge is 0.469 e. The van der Waals surface area contributed by atoms with E-state index in [1.54, 1.807) is 0 Å². The first-order valence-corrected chi connectivity index (χ1v) is 9.83. The van der Waals surface area contributed by atoms with Crippen molar-refractivity contribution in [1.82, 2.24) is 0 Å². The molecular formula is C19H27O3P. The van der Waals surface area contributed by atoms with Crippen molar-refractivity contribution in [2.45, 2.75) is 44.9 Å². The van der Waals surface area contributed by atoms with E-state index in [1.807, 2.05) is 58.0 Å². The van der Waals surface area contributed by atoms with E-state index in [-0.39, 0.29) is 23.5 Å². The predicted octanol–water partition coefficient (Wildman–Crippen LogP) is 4.23. The monoisotopic (exact) mass is 334 g/mol. The second kappa shape index (κ2) is 6.28. The molecule has 1 aromatic rings. The number of benzene rings is 1. The van der Waals surface area contributed by atoms with Crippen LogP contribution in [0.5, 0.6) is 0 Å². The van der Waals surface area contributed by atoms with Crippen LogP contribution in [0.4, 0.5) is 0 Å². The summed E-state index contributed by atoms with van der Waals surface area (Å²) in [7, 11) is -1.40. The van der Waals surface area contributed by atoms with Gasteiger partial charge in [-0.2, -0.15) is 0 Å². The number of carbonyl (C=O) groups is 1. The van der Waals surface area contributed by atoms with Crippen LogP contribution < -0.4 is 5.30 Å². The number of hydrogen-bond donors (Lipinski definition) is 0. The van der Waals surface area contributed by atoms with E-state index in [4.69, 9.17) is 4.74 Å². The van der Waals surface area contributed by atoms with Gasteiger partial charge >= 0.3 is 5.97 Å². The molecule has 2 rings (SSSR count). The van der Waals surface area contributed by atoms with Crippen molar-refractivity contribution in [3.8, 4) is 0 Å². The molecule has 1 saturated carbocycles. The first-order valence-electron chi connectivity index (χ1n) is 8.05. The zero-order chi connectivity index (χ0) is 17.4. The maximum atomic E-state index is 14.3. The highest BCUT2D eigenvalue weighted by molar-refractivity contribution is 7.74. The van der Waals surface area contributed by atoms with E-state index in [0.29, 0.717) is 6.42 Å². The van der Waals surface area contributed by atoms with E-state index >= 15 is 0 Å². The summed E-state index contributed by atoms with van der Waals surface area (Å²) in [5, 5.41) is 0.470.